The van der Waals surface area contributed by atoms with E-state index in [-0.39, 0.29) is 34.4 Å². The van der Waals surface area contributed by atoms with Gasteiger partial charge in [-0.05, 0) is 30.7 Å². The summed E-state index contributed by atoms with van der Waals surface area (Å²) in [5, 5.41) is 10.8. The van der Waals surface area contributed by atoms with Gasteiger partial charge in [-0.2, -0.15) is 0 Å². The number of hydrogen-bond acceptors (Lipinski definition) is 8. The highest BCUT2D eigenvalue weighted by atomic mass is 32.2. The van der Waals surface area contributed by atoms with Crippen molar-refractivity contribution >= 4 is 27.5 Å². The van der Waals surface area contributed by atoms with Crippen LogP contribution in [0.5, 0.6) is 5.75 Å². The number of aromatic nitrogens is 2. The van der Waals surface area contributed by atoms with E-state index in [1.165, 1.54) is 0 Å². The average molecular weight is 383 g/mol. The third-order valence-electron chi connectivity index (χ3n) is 3.67. The number of ether oxygens (including phenoxy) is 1. The first-order valence-corrected chi connectivity index (χ1v) is 10.4. The van der Waals surface area contributed by atoms with E-state index in [9.17, 15) is 13.2 Å². The Kier molecular flexibility index (Phi) is 5.28. The van der Waals surface area contributed by atoms with Crippen LogP contribution in [-0.2, 0) is 14.6 Å². The quantitative estimate of drug-likeness (QED) is 0.739. The first-order valence-electron chi connectivity index (χ1n) is 7.56. The Balaban J connectivity index is 1.52. The smallest absolute Gasteiger partial charge is 0.277 e. The number of rotatable bonds is 6. The van der Waals surface area contributed by atoms with Crippen molar-refractivity contribution in [2.45, 2.75) is 17.7 Å². The number of benzene rings is 1. The van der Waals surface area contributed by atoms with Crippen molar-refractivity contribution in [3.63, 3.8) is 0 Å². The zero-order chi connectivity index (χ0) is 17.9. The summed E-state index contributed by atoms with van der Waals surface area (Å²) in [6.07, 6.45) is 0.459. The molecule has 1 aromatic carbocycles. The molecule has 1 amide bonds. The molecule has 0 spiro atoms. The summed E-state index contributed by atoms with van der Waals surface area (Å²) >= 11 is 1.11. The first-order chi connectivity index (χ1) is 11.9. The predicted octanol–water partition coefficient (Wildman–Crippen LogP) is 1.14. The minimum Gasteiger partial charge on any atom is -0.497 e. The van der Waals surface area contributed by atoms with Crippen molar-refractivity contribution in [1.29, 1.82) is 0 Å². The molecule has 0 radical (unpaired) electrons. The highest BCUT2D eigenvalue weighted by molar-refractivity contribution is 7.99. The van der Waals surface area contributed by atoms with Crippen LogP contribution in [0, 0.1) is 0 Å². The normalized spacial score (nSPS) is 18.8. The fourth-order valence-electron chi connectivity index (χ4n) is 2.42. The van der Waals surface area contributed by atoms with E-state index in [1.54, 1.807) is 31.4 Å². The fourth-order valence-corrected chi connectivity index (χ4v) is 4.67. The van der Waals surface area contributed by atoms with Crippen LogP contribution in [0.4, 0.5) is 0 Å². The number of hydrogen-bond donors (Lipinski definition) is 1. The molecule has 0 unspecified atom stereocenters. The topological polar surface area (TPSA) is 111 Å². The zero-order valence-corrected chi connectivity index (χ0v) is 15.1. The molecule has 2 aromatic rings. The van der Waals surface area contributed by atoms with Crippen LogP contribution in [0.3, 0.4) is 0 Å². The van der Waals surface area contributed by atoms with Gasteiger partial charge in [-0.15, -0.1) is 10.2 Å². The van der Waals surface area contributed by atoms with Crippen molar-refractivity contribution in [2.75, 3.05) is 24.4 Å². The van der Waals surface area contributed by atoms with Crippen molar-refractivity contribution in [3.05, 3.63) is 24.3 Å². The molecule has 0 saturated carbocycles. The van der Waals surface area contributed by atoms with Gasteiger partial charge in [0.25, 0.3) is 5.22 Å². The Bertz CT molecular complexity index is 848. The Labute approximate surface area is 149 Å². The second kappa shape index (κ2) is 7.44. The lowest BCUT2D eigenvalue weighted by atomic mass is 10.2. The lowest BCUT2D eigenvalue weighted by Gasteiger charge is -2.09. The SMILES string of the molecule is COc1ccc(-c2nnc(SCC(=O)N[C@@H]3CCS(=O)(=O)C3)o2)cc1. The summed E-state index contributed by atoms with van der Waals surface area (Å²) in [7, 11) is -1.43. The Hall–Kier alpha value is -2.07. The largest absolute Gasteiger partial charge is 0.497 e. The van der Waals surface area contributed by atoms with Gasteiger partial charge >= 0.3 is 0 Å². The van der Waals surface area contributed by atoms with E-state index in [0.717, 1.165) is 23.1 Å². The molecule has 1 saturated heterocycles. The number of carbonyl (C=O) groups is 1. The monoisotopic (exact) mass is 383 g/mol. The molecule has 134 valence electrons. The minimum absolute atomic E-state index is 0.00554. The van der Waals surface area contributed by atoms with Crippen molar-refractivity contribution in [1.82, 2.24) is 15.5 Å². The minimum atomic E-state index is -3.01. The van der Waals surface area contributed by atoms with E-state index in [2.05, 4.69) is 15.5 Å². The predicted molar refractivity (Wildman–Crippen MR) is 92.2 cm³/mol. The molecule has 1 N–H and O–H groups in total. The maximum atomic E-state index is 11.9. The van der Waals surface area contributed by atoms with Gasteiger partial charge in [-0.1, -0.05) is 11.8 Å². The number of nitrogens with one attached hydrogen (secondary N) is 1. The number of carbonyl (C=O) groups excluding carboxylic acids is 1. The summed E-state index contributed by atoms with van der Waals surface area (Å²) in [6, 6.07) is 6.86. The van der Waals surface area contributed by atoms with Crippen LogP contribution in [0.1, 0.15) is 6.42 Å². The third-order valence-corrected chi connectivity index (χ3v) is 6.25. The molecule has 1 aliphatic heterocycles. The van der Waals surface area contributed by atoms with E-state index in [0.29, 0.717) is 12.3 Å². The molecule has 1 aliphatic rings. The van der Waals surface area contributed by atoms with Gasteiger partial charge in [0.15, 0.2) is 9.84 Å². The van der Waals surface area contributed by atoms with Gasteiger partial charge in [0.05, 0.1) is 24.4 Å². The molecule has 8 nitrogen and oxygen atoms in total. The lowest BCUT2D eigenvalue weighted by molar-refractivity contribution is -0.119. The van der Waals surface area contributed by atoms with Crippen molar-refractivity contribution in [3.8, 4) is 17.2 Å². The van der Waals surface area contributed by atoms with E-state index in [1.807, 2.05) is 0 Å². The number of nitrogens with zero attached hydrogens (tertiary/aromatic N) is 2. The first kappa shape index (κ1) is 17.7. The second-order valence-electron chi connectivity index (χ2n) is 5.56. The molecule has 1 fully saturated rings. The Morgan fingerprint density at radius 3 is 2.76 bits per heavy atom. The van der Waals surface area contributed by atoms with Crippen LogP contribution in [0.2, 0.25) is 0 Å². The van der Waals surface area contributed by atoms with Crippen LogP contribution < -0.4 is 10.1 Å². The van der Waals surface area contributed by atoms with Gasteiger partial charge < -0.3 is 14.5 Å². The molecule has 3 rings (SSSR count). The van der Waals surface area contributed by atoms with Gasteiger partial charge in [-0.25, -0.2) is 8.42 Å². The van der Waals surface area contributed by atoms with E-state index in [4.69, 9.17) is 9.15 Å². The molecule has 2 heterocycles. The molecular formula is C15H17N3O5S2. The maximum Gasteiger partial charge on any atom is 0.277 e. The highest BCUT2D eigenvalue weighted by Gasteiger charge is 2.28. The van der Waals surface area contributed by atoms with Crippen LogP contribution in [0.15, 0.2) is 33.9 Å². The molecule has 1 atom stereocenters. The van der Waals surface area contributed by atoms with Gasteiger partial charge in [0, 0.05) is 11.6 Å². The van der Waals surface area contributed by atoms with E-state index >= 15 is 0 Å². The van der Waals surface area contributed by atoms with Gasteiger partial charge in [0.1, 0.15) is 5.75 Å². The van der Waals surface area contributed by atoms with Crippen molar-refractivity contribution < 1.29 is 22.4 Å². The molecular weight excluding hydrogens is 366 g/mol. The van der Waals surface area contributed by atoms with Gasteiger partial charge in [0.2, 0.25) is 11.8 Å². The fraction of sp³-hybridized carbons (Fsp3) is 0.400. The lowest BCUT2D eigenvalue weighted by Crippen LogP contribution is -2.36. The van der Waals surface area contributed by atoms with E-state index < -0.39 is 9.84 Å². The molecule has 25 heavy (non-hydrogen) atoms. The molecule has 0 aliphatic carbocycles. The number of methoxy groups -OCH3 is 1. The second-order valence-corrected chi connectivity index (χ2v) is 8.71. The van der Waals surface area contributed by atoms with Crippen molar-refractivity contribution in [2.24, 2.45) is 0 Å². The summed E-state index contributed by atoms with van der Waals surface area (Å²) in [5.41, 5.74) is 0.751. The number of thioether (sulfide) groups is 1. The van der Waals surface area contributed by atoms with Crippen LogP contribution in [0.25, 0.3) is 11.5 Å². The zero-order valence-electron chi connectivity index (χ0n) is 13.5. The average Bonchev–Trinajstić information content (AvgIpc) is 3.19. The Morgan fingerprint density at radius 1 is 1.36 bits per heavy atom. The summed E-state index contributed by atoms with van der Waals surface area (Å²) in [5.74, 6) is 1.04. The molecule has 0 bridgehead atoms. The maximum absolute atomic E-state index is 11.9. The number of sulfone groups is 1. The standard InChI is InChI=1S/C15H17N3O5S2/c1-22-12-4-2-10(3-5-12)14-17-18-15(23-14)24-8-13(19)16-11-6-7-25(20,21)9-11/h2-5,11H,6-9H2,1H3,(H,16,19)/t11-/m1/s1. The van der Waals surface area contributed by atoms with Crippen LogP contribution in [-0.4, -0.2) is 54.9 Å². The summed E-state index contributed by atoms with van der Waals surface area (Å²) < 4.78 is 33.4. The molecule has 1 aromatic heterocycles. The number of amides is 1. The van der Waals surface area contributed by atoms with Crippen LogP contribution >= 0.6 is 11.8 Å². The van der Waals surface area contributed by atoms with Gasteiger partial charge in [-0.3, -0.25) is 4.79 Å². The summed E-state index contributed by atoms with van der Waals surface area (Å²) in [6.45, 7) is 0. The summed E-state index contributed by atoms with van der Waals surface area (Å²) in [4.78, 5) is 11.9. The Morgan fingerprint density at radius 2 is 2.12 bits per heavy atom. The third kappa shape index (κ3) is 4.73. The highest BCUT2D eigenvalue weighted by Crippen LogP contribution is 2.24. The molecule has 10 heteroatoms.